The van der Waals surface area contributed by atoms with Crippen molar-refractivity contribution in [3.8, 4) is 6.07 Å². The van der Waals surface area contributed by atoms with Gasteiger partial charge in [0.2, 0.25) is 11.6 Å². The third kappa shape index (κ3) is 1.91. The van der Waals surface area contributed by atoms with Crippen molar-refractivity contribution in [1.29, 1.82) is 10.7 Å². The minimum absolute atomic E-state index is 0.0813. The van der Waals surface area contributed by atoms with Crippen molar-refractivity contribution < 1.29 is 24.5 Å². The van der Waals surface area contributed by atoms with Crippen molar-refractivity contribution in [3.63, 3.8) is 0 Å². The molecule has 3 heterocycles. The monoisotopic (exact) mass is 334 g/mol. The molecule has 0 bridgehead atoms. The molecular weight excluding hydrogens is 320 g/mol. The number of fused-ring (bicyclic) bond motifs is 1. The minimum atomic E-state index is -1.92. The van der Waals surface area contributed by atoms with Crippen LogP contribution in [-0.4, -0.2) is 75.0 Å². The number of ether oxygens (including phenoxy) is 1. The number of nitrogens with zero attached hydrogens (tertiary/aromatic N) is 4. The number of rotatable bonds is 3. The summed E-state index contributed by atoms with van der Waals surface area (Å²) in [6.07, 6.45) is -1.19. The summed E-state index contributed by atoms with van der Waals surface area (Å²) in [4.78, 5) is 33.4. The quantitative estimate of drug-likeness (QED) is 0.412. The Hall–Kier alpha value is -2.68. The number of guanidine groups is 1. The highest BCUT2D eigenvalue weighted by atomic mass is 16.6. The van der Waals surface area contributed by atoms with Crippen LogP contribution in [0.15, 0.2) is 9.98 Å². The Kier molecular flexibility index (Phi) is 3.48. The molecule has 4 N–H and O–H groups in total. The van der Waals surface area contributed by atoms with Gasteiger partial charge < -0.3 is 14.9 Å². The zero-order chi connectivity index (χ0) is 17.7. The van der Waals surface area contributed by atoms with Crippen molar-refractivity contribution in [2.24, 2.45) is 9.98 Å². The van der Waals surface area contributed by atoms with E-state index in [1.165, 1.54) is 11.8 Å². The predicted molar refractivity (Wildman–Crippen MR) is 78.0 cm³/mol. The number of carbonyl (C=O) groups excluding carboxylic acids is 2. The van der Waals surface area contributed by atoms with Gasteiger partial charge in [-0.3, -0.25) is 25.2 Å². The predicted octanol–water partition coefficient (Wildman–Crippen LogP) is -2.52. The summed E-state index contributed by atoms with van der Waals surface area (Å²) in [7, 11) is 0. The Labute approximate surface area is 135 Å². The molecule has 11 heteroatoms. The average molecular weight is 334 g/mol. The lowest BCUT2D eigenvalue weighted by Crippen LogP contribution is -2.62. The van der Waals surface area contributed by atoms with E-state index in [2.05, 4.69) is 15.3 Å². The fourth-order valence-corrected chi connectivity index (χ4v) is 2.90. The van der Waals surface area contributed by atoms with Crippen LogP contribution < -0.4 is 5.32 Å². The number of Topliss-reactive ketones (excluding diaryl/α,β-unsaturated/α-hetero) is 1. The van der Waals surface area contributed by atoms with Gasteiger partial charge in [-0.2, -0.15) is 10.3 Å². The van der Waals surface area contributed by atoms with Gasteiger partial charge in [0.1, 0.15) is 18.4 Å². The van der Waals surface area contributed by atoms with Gasteiger partial charge in [0.05, 0.1) is 12.9 Å². The number of aliphatic hydroxyl groups excluding tert-OH is 2. The Morgan fingerprint density at radius 1 is 1.71 bits per heavy atom. The van der Waals surface area contributed by atoms with Gasteiger partial charge >= 0.3 is 0 Å². The number of carbonyl (C=O) groups is 2. The summed E-state index contributed by atoms with van der Waals surface area (Å²) < 4.78 is 5.47. The first-order valence-corrected chi connectivity index (χ1v) is 7.02. The Morgan fingerprint density at radius 2 is 2.42 bits per heavy atom. The molecule has 3 aliphatic rings. The Morgan fingerprint density at radius 3 is 2.96 bits per heavy atom. The number of aliphatic imine (C=N–C) groups is 2. The summed E-state index contributed by atoms with van der Waals surface area (Å²) in [6.45, 7) is 0.440. The maximum atomic E-state index is 12.2. The zero-order valence-electron chi connectivity index (χ0n) is 12.6. The van der Waals surface area contributed by atoms with Crippen molar-refractivity contribution in [1.82, 2.24) is 10.2 Å². The maximum absolute atomic E-state index is 12.2. The highest BCUT2D eigenvalue weighted by molar-refractivity contribution is 6.38. The van der Waals surface area contributed by atoms with Crippen LogP contribution >= 0.6 is 0 Å². The molecule has 3 rings (SSSR count). The minimum Gasteiger partial charge on any atom is -0.392 e. The third-order valence-corrected chi connectivity index (χ3v) is 4.28. The number of hydrogen-bond donors (Lipinski definition) is 4. The molecule has 11 nitrogen and oxygen atoms in total. The van der Waals surface area contributed by atoms with Crippen LogP contribution in [0.3, 0.4) is 0 Å². The topological polar surface area (TPSA) is 171 Å². The first kappa shape index (κ1) is 16.2. The maximum Gasteiger partial charge on any atom is 0.270 e. The molecule has 0 aromatic heterocycles. The number of ketones is 1. The second kappa shape index (κ2) is 5.17. The number of amidine groups is 1. The van der Waals surface area contributed by atoms with Crippen LogP contribution in [0.5, 0.6) is 0 Å². The molecule has 0 spiro atoms. The van der Waals surface area contributed by atoms with Gasteiger partial charge in [-0.25, -0.2) is 4.99 Å². The SMILES string of the molecule is CC(=O)C12N=CN([C@H]3CC(O)[C@@](C#N)(CO)O3)C1=NC(=N)NC2=O. The van der Waals surface area contributed by atoms with E-state index in [0.717, 1.165) is 6.34 Å². The van der Waals surface area contributed by atoms with Crippen molar-refractivity contribution in [3.05, 3.63) is 0 Å². The largest absolute Gasteiger partial charge is 0.392 e. The lowest BCUT2D eigenvalue weighted by molar-refractivity contribution is -0.131. The number of amides is 1. The highest BCUT2D eigenvalue weighted by Gasteiger charge is 2.59. The van der Waals surface area contributed by atoms with Gasteiger partial charge in [-0.1, -0.05) is 0 Å². The third-order valence-electron chi connectivity index (χ3n) is 4.28. The lowest BCUT2D eigenvalue weighted by atomic mass is 9.91. The molecule has 4 atom stereocenters. The molecular formula is C13H14N6O5. The fraction of sp³-hybridized carbons (Fsp3) is 0.538. The van der Waals surface area contributed by atoms with Gasteiger partial charge in [-0.05, 0) is 6.92 Å². The summed E-state index contributed by atoms with van der Waals surface area (Å²) in [6, 6.07) is 1.73. The summed E-state index contributed by atoms with van der Waals surface area (Å²) in [5.41, 5.74) is -3.74. The van der Waals surface area contributed by atoms with E-state index in [1.807, 2.05) is 0 Å². The molecule has 1 saturated heterocycles. The van der Waals surface area contributed by atoms with Crippen LogP contribution in [0, 0.1) is 16.7 Å². The van der Waals surface area contributed by atoms with Crippen LogP contribution in [0.2, 0.25) is 0 Å². The second-order valence-electron chi connectivity index (χ2n) is 5.64. The van der Waals surface area contributed by atoms with Crippen LogP contribution in [0.1, 0.15) is 13.3 Å². The molecule has 0 aliphatic carbocycles. The van der Waals surface area contributed by atoms with Gasteiger partial charge in [-0.15, -0.1) is 0 Å². The second-order valence-corrected chi connectivity index (χ2v) is 5.64. The average Bonchev–Trinajstić information content (AvgIpc) is 3.06. The van der Waals surface area contributed by atoms with E-state index < -0.39 is 47.7 Å². The van der Waals surface area contributed by atoms with Gasteiger partial charge in [0.25, 0.3) is 11.4 Å². The summed E-state index contributed by atoms with van der Waals surface area (Å²) in [5.74, 6) is -2.00. The van der Waals surface area contributed by atoms with Crippen LogP contribution in [0.4, 0.5) is 0 Å². The number of nitrogens with one attached hydrogen (secondary N) is 2. The van der Waals surface area contributed by atoms with Crippen LogP contribution in [0.25, 0.3) is 0 Å². The first-order valence-electron chi connectivity index (χ1n) is 7.02. The van der Waals surface area contributed by atoms with E-state index in [9.17, 15) is 25.1 Å². The van der Waals surface area contributed by atoms with Crippen molar-refractivity contribution in [2.45, 2.75) is 36.8 Å². The fourth-order valence-electron chi connectivity index (χ4n) is 2.90. The van der Waals surface area contributed by atoms with E-state index in [-0.39, 0.29) is 12.3 Å². The van der Waals surface area contributed by atoms with E-state index in [1.54, 1.807) is 6.07 Å². The molecule has 1 fully saturated rings. The number of nitriles is 1. The molecule has 3 aliphatic heterocycles. The van der Waals surface area contributed by atoms with Crippen molar-refractivity contribution in [2.75, 3.05) is 6.61 Å². The van der Waals surface area contributed by atoms with Crippen molar-refractivity contribution >= 4 is 29.8 Å². The van der Waals surface area contributed by atoms with Gasteiger partial charge in [0, 0.05) is 6.42 Å². The molecule has 0 radical (unpaired) electrons. The number of aliphatic hydroxyl groups is 2. The Bertz CT molecular complexity index is 742. The number of hydrogen-bond acceptors (Lipinski definition) is 9. The molecule has 0 aromatic carbocycles. The molecule has 0 aromatic rings. The summed E-state index contributed by atoms with van der Waals surface area (Å²) >= 11 is 0. The first-order chi connectivity index (χ1) is 11.3. The lowest BCUT2D eigenvalue weighted by Gasteiger charge is -2.32. The molecule has 126 valence electrons. The summed E-state index contributed by atoms with van der Waals surface area (Å²) in [5, 5.41) is 38.3. The molecule has 2 unspecified atom stereocenters. The zero-order valence-corrected chi connectivity index (χ0v) is 12.6. The smallest absolute Gasteiger partial charge is 0.270 e. The Balaban J connectivity index is 2.00. The molecule has 1 amide bonds. The van der Waals surface area contributed by atoms with Crippen LogP contribution in [-0.2, 0) is 14.3 Å². The van der Waals surface area contributed by atoms with E-state index in [0.29, 0.717) is 0 Å². The van der Waals surface area contributed by atoms with E-state index >= 15 is 0 Å². The molecule has 0 saturated carbocycles. The molecule has 24 heavy (non-hydrogen) atoms. The van der Waals surface area contributed by atoms with E-state index in [4.69, 9.17) is 10.1 Å². The highest BCUT2D eigenvalue weighted by Crippen LogP contribution is 2.36. The normalized spacial score (nSPS) is 37.8. The standard InChI is InChI=1S/C13H14N6O5/c1-6(21)13-9(17-11(15)18-10(13)23)19(5-16-13)8-2-7(22)12(3-14,4-20)24-8/h5,7-8,20,22H,2,4H2,1H3,(H2,15,18,23)/t7?,8-,12-,13?/m1/s1. The van der Waals surface area contributed by atoms with Gasteiger partial charge in [0.15, 0.2) is 11.6 Å².